The van der Waals surface area contributed by atoms with Crippen molar-refractivity contribution in [3.8, 4) is 11.4 Å². The zero-order chi connectivity index (χ0) is 20.2. The van der Waals surface area contributed by atoms with Gasteiger partial charge in [0.1, 0.15) is 18.7 Å². The molecule has 0 unspecified atom stereocenters. The Hall–Kier alpha value is -3.60. The molecule has 5 heteroatoms. The van der Waals surface area contributed by atoms with Crippen molar-refractivity contribution >= 4 is 16.9 Å². The molecule has 0 bridgehead atoms. The summed E-state index contributed by atoms with van der Waals surface area (Å²) in [7, 11) is 1.79. The summed E-state index contributed by atoms with van der Waals surface area (Å²) >= 11 is 0. The number of nitrogens with zero attached hydrogens (tertiary/aromatic N) is 3. The van der Waals surface area contributed by atoms with Crippen molar-refractivity contribution in [2.45, 2.75) is 6.92 Å². The van der Waals surface area contributed by atoms with Gasteiger partial charge in [0, 0.05) is 18.3 Å². The van der Waals surface area contributed by atoms with Crippen LogP contribution in [0.4, 0.5) is 0 Å². The lowest BCUT2D eigenvalue weighted by molar-refractivity contribution is 0.0774. The minimum Gasteiger partial charge on any atom is -0.492 e. The molecule has 1 aromatic heterocycles. The van der Waals surface area contributed by atoms with Crippen molar-refractivity contribution in [3.05, 3.63) is 90.3 Å². The van der Waals surface area contributed by atoms with Gasteiger partial charge >= 0.3 is 0 Å². The number of aromatic nitrogens is 2. The molecule has 146 valence electrons. The molecule has 0 saturated carbocycles. The summed E-state index contributed by atoms with van der Waals surface area (Å²) < 4.78 is 7.74. The predicted octanol–water partition coefficient (Wildman–Crippen LogP) is 4.48. The number of imidazole rings is 1. The molecule has 0 radical (unpaired) electrons. The maximum Gasteiger partial charge on any atom is 0.253 e. The first kappa shape index (κ1) is 18.7. The number of carbonyl (C=O) groups excluding carboxylic acids is 1. The van der Waals surface area contributed by atoms with Gasteiger partial charge in [-0.05, 0) is 55.5 Å². The number of likely N-dealkylation sites (N-methyl/N-ethyl adjacent to an activating group) is 1. The van der Waals surface area contributed by atoms with Crippen molar-refractivity contribution in [1.82, 2.24) is 14.5 Å². The van der Waals surface area contributed by atoms with Crippen LogP contribution in [0.1, 0.15) is 15.9 Å². The van der Waals surface area contributed by atoms with E-state index in [-0.39, 0.29) is 5.91 Å². The van der Waals surface area contributed by atoms with Gasteiger partial charge in [0.2, 0.25) is 0 Å². The van der Waals surface area contributed by atoms with Crippen molar-refractivity contribution in [2.75, 3.05) is 20.2 Å². The van der Waals surface area contributed by atoms with Crippen LogP contribution in [0.5, 0.6) is 5.75 Å². The Morgan fingerprint density at radius 2 is 1.72 bits per heavy atom. The van der Waals surface area contributed by atoms with E-state index < -0.39 is 0 Å². The molecule has 4 rings (SSSR count). The number of amides is 1. The van der Waals surface area contributed by atoms with Gasteiger partial charge in [-0.2, -0.15) is 0 Å². The summed E-state index contributed by atoms with van der Waals surface area (Å²) in [6.45, 7) is 3.00. The van der Waals surface area contributed by atoms with Gasteiger partial charge in [0.05, 0.1) is 17.6 Å². The fourth-order valence-electron chi connectivity index (χ4n) is 3.19. The van der Waals surface area contributed by atoms with Gasteiger partial charge in [-0.3, -0.25) is 9.36 Å². The van der Waals surface area contributed by atoms with Crippen LogP contribution >= 0.6 is 0 Å². The number of ether oxygens (including phenoxy) is 1. The summed E-state index contributed by atoms with van der Waals surface area (Å²) in [5.74, 6) is 0.785. The lowest BCUT2D eigenvalue weighted by atomic mass is 10.2. The molecule has 0 atom stereocenters. The highest BCUT2D eigenvalue weighted by molar-refractivity contribution is 5.94. The second kappa shape index (κ2) is 8.19. The van der Waals surface area contributed by atoms with Crippen molar-refractivity contribution in [3.63, 3.8) is 0 Å². The van der Waals surface area contributed by atoms with Gasteiger partial charge in [0.15, 0.2) is 0 Å². The number of hydrogen-bond acceptors (Lipinski definition) is 3. The third-order valence-electron chi connectivity index (χ3n) is 4.91. The normalized spacial score (nSPS) is 10.8. The molecule has 1 amide bonds. The van der Waals surface area contributed by atoms with Gasteiger partial charge in [-0.1, -0.05) is 29.8 Å². The zero-order valence-corrected chi connectivity index (χ0v) is 16.6. The number of rotatable bonds is 6. The number of para-hydroxylation sites is 2. The number of hydrogen-bond donors (Lipinski definition) is 0. The molecule has 0 aliphatic rings. The first-order valence-electron chi connectivity index (χ1n) is 9.59. The van der Waals surface area contributed by atoms with Crippen LogP contribution in [0.25, 0.3) is 16.7 Å². The molecular weight excluding hydrogens is 362 g/mol. The molecule has 1 heterocycles. The average molecular weight is 385 g/mol. The Kier molecular flexibility index (Phi) is 5.29. The van der Waals surface area contributed by atoms with E-state index >= 15 is 0 Å². The van der Waals surface area contributed by atoms with Gasteiger partial charge in [-0.15, -0.1) is 0 Å². The summed E-state index contributed by atoms with van der Waals surface area (Å²) in [4.78, 5) is 18.8. The van der Waals surface area contributed by atoms with E-state index in [0.717, 1.165) is 22.5 Å². The second-order valence-electron chi connectivity index (χ2n) is 7.04. The standard InChI is InChI=1S/C24H23N3O2/c1-18-7-13-21(14-8-18)29-16-15-26(2)24(28)19-9-11-20(12-10-19)27-17-25-22-5-3-4-6-23(22)27/h3-14,17H,15-16H2,1-2H3. The molecule has 0 saturated heterocycles. The van der Waals surface area contributed by atoms with E-state index in [1.54, 1.807) is 18.3 Å². The smallest absolute Gasteiger partial charge is 0.253 e. The molecule has 3 aromatic carbocycles. The van der Waals surface area contributed by atoms with Crippen LogP contribution in [0.3, 0.4) is 0 Å². The minimum atomic E-state index is -0.0282. The summed E-state index contributed by atoms with van der Waals surface area (Å²) in [6, 6.07) is 23.5. The molecule has 29 heavy (non-hydrogen) atoms. The maximum atomic E-state index is 12.7. The SMILES string of the molecule is Cc1ccc(OCCN(C)C(=O)c2ccc(-n3cnc4ccccc43)cc2)cc1. The monoisotopic (exact) mass is 385 g/mol. The number of benzene rings is 3. The van der Waals surface area contributed by atoms with Gasteiger partial charge in [0.25, 0.3) is 5.91 Å². The topological polar surface area (TPSA) is 47.4 Å². The second-order valence-corrected chi connectivity index (χ2v) is 7.04. The van der Waals surface area contributed by atoms with Crippen LogP contribution in [-0.2, 0) is 0 Å². The maximum absolute atomic E-state index is 12.7. The minimum absolute atomic E-state index is 0.0282. The van der Waals surface area contributed by atoms with E-state index in [1.807, 2.05) is 84.3 Å². The highest BCUT2D eigenvalue weighted by Gasteiger charge is 2.12. The summed E-state index contributed by atoms with van der Waals surface area (Å²) in [5.41, 5.74) is 4.80. The first-order valence-corrected chi connectivity index (χ1v) is 9.59. The lowest BCUT2D eigenvalue weighted by Crippen LogP contribution is -2.30. The quantitative estimate of drug-likeness (QED) is 0.491. The third-order valence-corrected chi connectivity index (χ3v) is 4.91. The van der Waals surface area contributed by atoms with E-state index in [9.17, 15) is 4.79 Å². The zero-order valence-electron chi connectivity index (χ0n) is 16.6. The first-order chi connectivity index (χ1) is 14.1. The Bertz CT molecular complexity index is 1120. The molecule has 0 N–H and O–H groups in total. The van der Waals surface area contributed by atoms with Crippen LogP contribution in [0, 0.1) is 6.92 Å². The van der Waals surface area contributed by atoms with Crippen LogP contribution in [-0.4, -0.2) is 40.6 Å². The molecule has 0 fully saturated rings. The van der Waals surface area contributed by atoms with Crippen LogP contribution < -0.4 is 4.74 Å². The van der Waals surface area contributed by atoms with Gasteiger partial charge < -0.3 is 9.64 Å². The fourth-order valence-corrected chi connectivity index (χ4v) is 3.19. The Labute approximate surface area is 170 Å². The van der Waals surface area contributed by atoms with Crippen LogP contribution in [0.2, 0.25) is 0 Å². The molecular formula is C24H23N3O2. The largest absolute Gasteiger partial charge is 0.492 e. The number of carbonyl (C=O) groups is 1. The fraction of sp³-hybridized carbons (Fsp3) is 0.167. The number of aryl methyl sites for hydroxylation is 1. The molecule has 0 spiro atoms. The van der Waals surface area contributed by atoms with Crippen molar-refractivity contribution in [1.29, 1.82) is 0 Å². The summed E-state index contributed by atoms with van der Waals surface area (Å²) in [6.07, 6.45) is 1.80. The average Bonchev–Trinajstić information content (AvgIpc) is 3.19. The van der Waals surface area contributed by atoms with Crippen molar-refractivity contribution in [2.24, 2.45) is 0 Å². The number of fused-ring (bicyclic) bond motifs is 1. The molecule has 0 aliphatic heterocycles. The summed E-state index contributed by atoms with van der Waals surface area (Å²) in [5, 5.41) is 0. The van der Waals surface area contributed by atoms with E-state index in [4.69, 9.17) is 4.74 Å². The Morgan fingerprint density at radius 1 is 1.00 bits per heavy atom. The predicted molar refractivity (Wildman–Crippen MR) is 115 cm³/mol. The molecule has 5 nitrogen and oxygen atoms in total. The van der Waals surface area contributed by atoms with Crippen molar-refractivity contribution < 1.29 is 9.53 Å². The van der Waals surface area contributed by atoms with E-state index in [0.29, 0.717) is 18.7 Å². The highest BCUT2D eigenvalue weighted by atomic mass is 16.5. The Balaban J connectivity index is 1.39. The highest BCUT2D eigenvalue weighted by Crippen LogP contribution is 2.18. The lowest BCUT2D eigenvalue weighted by Gasteiger charge is -2.18. The van der Waals surface area contributed by atoms with Gasteiger partial charge in [-0.25, -0.2) is 4.98 Å². The Morgan fingerprint density at radius 3 is 2.48 bits per heavy atom. The van der Waals surface area contributed by atoms with E-state index in [2.05, 4.69) is 4.98 Å². The van der Waals surface area contributed by atoms with E-state index in [1.165, 1.54) is 5.56 Å². The van der Waals surface area contributed by atoms with Crippen LogP contribution in [0.15, 0.2) is 79.1 Å². The molecule has 4 aromatic rings. The third kappa shape index (κ3) is 4.14. The molecule has 0 aliphatic carbocycles.